The van der Waals surface area contributed by atoms with Crippen LogP contribution in [-0.2, 0) is 19.7 Å². The SMILES string of the molecule is COc1ccc(C2(CN3C(=O)N[C@@H](CCC(=O)Nc4cccc(F)c4)C3=O)CCOCC2)cc1. The first-order chi connectivity index (χ1) is 16.4. The fourth-order valence-electron chi connectivity index (χ4n) is 4.53. The van der Waals surface area contributed by atoms with E-state index in [1.165, 1.54) is 23.1 Å². The monoisotopic (exact) mass is 469 g/mol. The number of amides is 4. The average Bonchev–Trinajstić information content (AvgIpc) is 3.11. The van der Waals surface area contributed by atoms with E-state index in [1.54, 1.807) is 13.2 Å². The minimum Gasteiger partial charge on any atom is -0.497 e. The zero-order chi connectivity index (χ0) is 24.1. The molecule has 0 spiro atoms. The number of hydrogen-bond acceptors (Lipinski definition) is 5. The topological polar surface area (TPSA) is 97.0 Å². The van der Waals surface area contributed by atoms with Crippen LogP contribution in [0.4, 0.5) is 14.9 Å². The van der Waals surface area contributed by atoms with Crippen LogP contribution in [0.25, 0.3) is 0 Å². The molecule has 2 aliphatic rings. The van der Waals surface area contributed by atoms with E-state index < -0.39 is 23.3 Å². The quantitative estimate of drug-likeness (QED) is 0.579. The summed E-state index contributed by atoms with van der Waals surface area (Å²) in [5.41, 5.74) is 0.950. The molecule has 8 nitrogen and oxygen atoms in total. The number of urea groups is 1. The Bertz CT molecular complexity index is 1050. The van der Waals surface area contributed by atoms with Crippen LogP contribution < -0.4 is 15.4 Å². The molecule has 2 aliphatic heterocycles. The van der Waals surface area contributed by atoms with E-state index in [9.17, 15) is 18.8 Å². The predicted molar refractivity (Wildman–Crippen MR) is 123 cm³/mol. The van der Waals surface area contributed by atoms with E-state index in [1.807, 2.05) is 24.3 Å². The van der Waals surface area contributed by atoms with Crippen molar-refractivity contribution in [3.8, 4) is 5.75 Å². The van der Waals surface area contributed by atoms with Crippen molar-refractivity contribution in [1.29, 1.82) is 0 Å². The van der Waals surface area contributed by atoms with Crippen LogP contribution in [-0.4, -0.2) is 55.7 Å². The number of nitrogens with zero attached hydrogens (tertiary/aromatic N) is 1. The van der Waals surface area contributed by atoms with Crippen LogP contribution >= 0.6 is 0 Å². The minimum atomic E-state index is -0.779. The van der Waals surface area contributed by atoms with Gasteiger partial charge in [-0.05, 0) is 55.2 Å². The summed E-state index contributed by atoms with van der Waals surface area (Å²) in [5.74, 6) is -0.420. The van der Waals surface area contributed by atoms with Gasteiger partial charge in [-0.3, -0.25) is 14.5 Å². The van der Waals surface area contributed by atoms with Crippen LogP contribution in [0.2, 0.25) is 0 Å². The zero-order valence-corrected chi connectivity index (χ0v) is 19.0. The highest BCUT2D eigenvalue weighted by molar-refractivity contribution is 6.04. The Hall–Kier alpha value is -3.46. The molecule has 0 aromatic heterocycles. The lowest BCUT2D eigenvalue weighted by molar-refractivity contribution is -0.128. The van der Waals surface area contributed by atoms with Crippen LogP contribution in [0.3, 0.4) is 0 Å². The van der Waals surface area contributed by atoms with Gasteiger partial charge in [0.1, 0.15) is 17.6 Å². The number of rotatable bonds is 8. The highest BCUT2D eigenvalue weighted by Gasteiger charge is 2.44. The summed E-state index contributed by atoms with van der Waals surface area (Å²) in [7, 11) is 1.60. The zero-order valence-electron chi connectivity index (χ0n) is 19.0. The number of nitrogens with one attached hydrogen (secondary N) is 2. The first kappa shape index (κ1) is 23.7. The summed E-state index contributed by atoms with van der Waals surface area (Å²) in [6, 6.07) is 12.0. The molecule has 1 atom stereocenters. The Balaban J connectivity index is 1.41. The highest BCUT2D eigenvalue weighted by atomic mass is 19.1. The number of methoxy groups -OCH3 is 1. The first-order valence-electron chi connectivity index (χ1n) is 11.3. The van der Waals surface area contributed by atoms with Crippen molar-refractivity contribution in [3.05, 3.63) is 59.9 Å². The summed E-state index contributed by atoms with van der Waals surface area (Å²) in [6.45, 7) is 1.32. The molecule has 4 rings (SSSR count). The van der Waals surface area contributed by atoms with E-state index in [0.29, 0.717) is 31.7 Å². The number of halogens is 1. The van der Waals surface area contributed by atoms with Gasteiger partial charge in [0, 0.05) is 37.3 Å². The molecular weight excluding hydrogens is 441 g/mol. The van der Waals surface area contributed by atoms with E-state index >= 15 is 0 Å². The van der Waals surface area contributed by atoms with Gasteiger partial charge in [-0.2, -0.15) is 0 Å². The molecule has 180 valence electrons. The summed E-state index contributed by atoms with van der Waals surface area (Å²) in [4.78, 5) is 39.3. The molecule has 2 aromatic carbocycles. The number of carbonyl (C=O) groups is 3. The number of hydrogen-bond donors (Lipinski definition) is 2. The van der Waals surface area contributed by atoms with Crippen LogP contribution in [0.15, 0.2) is 48.5 Å². The largest absolute Gasteiger partial charge is 0.497 e. The Morgan fingerprint density at radius 1 is 1.21 bits per heavy atom. The van der Waals surface area contributed by atoms with E-state index in [4.69, 9.17) is 9.47 Å². The van der Waals surface area contributed by atoms with E-state index in [0.717, 1.165) is 11.3 Å². The summed E-state index contributed by atoms with van der Waals surface area (Å²) < 4.78 is 24.1. The fraction of sp³-hybridized carbons (Fsp3) is 0.400. The maximum Gasteiger partial charge on any atom is 0.324 e. The highest BCUT2D eigenvalue weighted by Crippen LogP contribution is 2.37. The minimum absolute atomic E-state index is 0.0124. The molecule has 2 N–H and O–H groups in total. The molecular formula is C25H28FN3O5. The number of imide groups is 1. The molecule has 2 fully saturated rings. The Morgan fingerprint density at radius 3 is 2.62 bits per heavy atom. The molecule has 0 unspecified atom stereocenters. The van der Waals surface area contributed by atoms with Gasteiger partial charge in [0.25, 0.3) is 5.91 Å². The molecule has 34 heavy (non-hydrogen) atoms. The molecule has 2 aromatic rings. The first-order valence-corrected chi connectivity index (χ1v) is 11.3. The molecule has 9 heteroatoms. The second-order valence-electron chi connectivity index (χ2n) is 8.64. The Kier molecular flexibility index (Phi) is 7.12. The lowest BCUT2D eigenvalue weighted by Gasteiger charge is -2.39. The van der Waals surface area contributed by atoms with Crippen molar-refractivity contribution in [2.24, 2.45) is 0 Å². The lowest BCUT2D eigenvalue weighted by atomic mass is 9.73. The second kappa shape index (κ2) is 10.2. The van der Waals surface area contributed by atoms with Crippen LogP contribution in [0.1, 0.15) is 31.2 Å². The summed E-state index contributed by atoms with van der Waals surface area (Å²) in [5, 5.41) is 5.31. The van der Waals surface area contributed by atoms with Gasteiger partial charge in [0.05, 0.1) is 7.11 Å². The van der Waals surface area contributed by atoms with Gasteiger partial charge in [-0.25, -0.2) is 9.18 Å². The standard InChI is InChI=1S/C25H28FN3O5/c1-33-20-7-5-17(6-8-20)25(11-13-34-14-12-25)16-29-23(31)21(28-24(29)32)9-10-22(30)27-19-4-2-3-18(26)15-19/h2-8,15,21H,9-14,16H2,1H3,(H,27,30)(H,28,32)/t21-/m0/s1. The van der Waals surface area contributed by atoms with Gasteiger partial charge in [-0.1, -0.05) is 18.2 Å². The molecule has 0 bridgehead atoms. The smallest absolute Gasteiger partial charge is 0.324 e. The maximum absolute atomic E-state index is 13.3. The molecule has 0 saturated carbocycles. The molecule has 2 saturated heterocycles. The molecule has 0 radical (unpaired) electrons. The summed E-state index contributed by atoms with van der Waals surface area (Å²) >= 11 is 0. The van der Waals surface area contributed by atoms with Crippen LogP contribution in [0, 0.1) is 5.82 Å². The van der Waals surface area contributed by atoms with Gasteiger partial charge in [0.15, 0.2) is 0 Å². The Labute approximate surface area is 197 Å². The third kappa shape index (κ3) is 5.20. The van der Waals surface area contributed by atoms with E-state index in [2.05, 4.69) is 10.6 Å². The number of ether oxygens (including phenoxy) is 2. The van der Waals surface area contributed by atoms with Crippen molar-refractivity contribution in [1.82, 2.24) is 10.2 Å². The predicted octanol–water partition coefficient (Wildman–Crippen LogP) is 3.22. The van der Waals surface area contributed by atoms with Crippen molar-refractivity contribution in [3.63, 3.8) is 0 Å². The lowest BCUT2D eigenvalue weighted by Crippen LogP contribution is -2.47. The third-order valence-corrected chi connectivity index (χ3v) is 6.49. The van der Waals surface area contributed by atoms with Crippen molar-refractivity contribution >= 4 is 23.5 Å². The maximum atomic E-state index is 13.3. The number of anilines is 1. The molecule has 2 heterocycles. The van der Waals surface area contributed by atoms with E-state index in [-0.39, 0.29) is 31.2 Å². The number of benzene rings is 2. The van der Waals surface area contributed by atoms with Crippen molar-refractivity contribution in [2.75, 3.05) is 32.2 Å². The van der Waals surface area contributed by atoms with Gasteiger partial charge in [-0.15, -0.1) is 0 Å². The molecule has 0 aliphatic carbocycles. The van der Waals surface area contributed by atoms with Gasteiger partial charge < -0.3 is 20.1 Å². The van der Waals surface area contributed by atoms with Crippen molar-refractivity contribution < 1.29 is 28.2 Å². The van der Waals surface area contributed by atoms with Crippen LogP contribution in [0.5, 0.6) is 5.75 Å². The fourth-order valence-corrected chi connectivity index (χ4v) is 4.53. The van der Waals surface area contributed by atoms with Gasteiger partial charge in [0.2, 0.25) is 5.91 Å². The third-order valence-electron chi connectivity index (χ3n) is 6.49. The number of carbonyl (C=O) groups excluding carboxylic acids is 3. The second-order valence-corrected chi connectivity index (χ2v) is 8.64. The normalized spacial score (nSPS) is 19.6. The summed E-state index contributed by atoms with van der Waals surface area (Å²) in [6.07, 6.45) is 1.52. The van der Waals surface area contributed by atoms with Gasteiger partial charge >= 0.3 is 6.03 Å². The van der Waals surface area contributed by atoms with Crippen molar-refractivity contribution in [2.45, 2.75) is 37.1 Å². The Morgan fingerprint density at radius 2 is 1.94 bits per heavy atom. The average molecular weight is 470 g/mol. The molecule has 4 amide bonds.